The maximum absolute atomic E-state index is 10.0. The van der Waals surface area contributed by atoms with Crippen LogP contribution in [0.15, 0.2) is 30.3 Å². The Morgan fingerprint density at radius 1 is 1.33 bits per heavy atom. The number of aliphatic carboxylic acids is 1. The molecular weight excluding hydrogens is 167 g/mol. The van der Waals surface area contributed by atoms with Crippen molar-refractivity contribution in [3.63, 3.8) is 0 Å². The Labute approximate surface area is 92.6 Å². The Kier molecular flexibility index (Phi) is 5.80. The molecule has 1 N–H and O–H groups in total. The fourth-order valence-corrected chi connectivity index (χ4v) is 0.662. The van der Waals surface area contributed by atoms with Crippen LogP contribution in [-0.2, 0) is 4.79 Å². The van der Waals surface area contributed by atoms with Gasteiger partial charge in [0.1, 0.15) is 5.75 Å². The third-order valence-electron chi connectivity index (χ3n) is 1.11. The summed E-state index contributed by atoms with van der Waals surface area (Å²) in [6.45, 7) is -0.288. The number of carboxylic acid groups (broad SMARTS) is 1. The molecule has 0 spiro atoms. The van der Waals surface area contributed by atoms with Crippen molar-refractivity contribution in [3.8, 4) is 5.75 Å². The van der Waals surface area contributed by atoms with Gasteiger partial charge in [-0.2, -0.15) is 0 Å². The summed E-state index contributed by atoms with van der Waals surface area (Å²) in [5.41, 5.74) is 0. The molecule has 0 bridgehead atoms. The molecule has 0 saturated carbocycles. The summed E-state index contributed by atoms with van der Waals surface area (Å²) in [5.74, 6) is -0.385. The smallest absolute Gasteiger partial charge is 0.341 e. The third kappa shape index (κ3) is 4.38. The number of benzene rings is 1. The standard InChI is InChI=1S/C8H8O3.Na/c9-8(10)6-11-7-4-2-1-3-5-7;/h1-5H,6H2,(H,9,10);. The van der Waals surface area contributed by atoms with E-state index in [4.69, 9.17) is 9.84 Å². The van der Waals surface area contributed by atoms with E-state index in [0.717, 1.165) is 0 Å². The van der Waals surface area contributed by atoms with Crippen molar-refractivity contribution < 1.29 is 14.6 Å². The Morgan fingerprint density at radius 3 is 2.42 bits per heavy atom. The van der Waals surface area contributed by atoms with Crippen LogP contribution < -0.4 is 4.74 Å². The monoisotopic (exact) mass is 175 g/mol. The third-order valence-corrected chi connectivity index (χ3v) is 1.11. The van der Waals surface area contributed by atoms with Crippen LogP contribution in [0, 0.1) is 0 Å². The van der Waals surface area contributed by atoms with E-state index in [1.165, 1.54) is 0 Å². The predicted octanol–water partition coefficient (Wildman–Crippen LogP) is 0.769. The summed E-state index contributed by atoms with van der Waals surface area (Å²) in [6.07, 6.45) is 0. The minimum Gasteiger partial charge on any atom is -0.482 e. The molecule has 0 aliphatic heterocycles. The molecular formula is C8H8NaO3. The maximum Gasteiger partial charge on any atom is 0.341 e. The van der Waals surface area contributed by atoms with Crippen LogP contribution >= 0.6 is 0 Å². The summed E-state index contributed by atoms with van der Waals surface area (Å²) < 4.78 is 4.87. The van der Waals surface area contributed by atoms with Gasteiger partial charge in [-0.3, -0.25) is 0 Å². The number of para-hydroxylation sites is 1. The first-order valence-electron chi connectivity index (χ1n) is 3.18. The van der Waals surface area contributed by atoms with E-state index in [1.54, 1.807) is 24.3 Å². The molecule has 1 radical (unpaired) electrons. The van der Waals surface area contributed by atoms with Gasteiger partial charge in [0.05, 0.1) is 0 Å². The molecule has 59 valence electrons. The average molecular weight is 175 g/mol. The number of carboxylic acids is 1. The van der Waals surface area contributed by atoms with Crippen LogP contribution in [0.25, 0.3) is 0 Å². The summed E-state index contributed by atoms with van der Waals surface area (Å²) in [4.78, 5) is 10.0. The summed E-state index contributed by atoms with van der Waals surface area (Å²) >= 11 is 0. The van der Waals surface area contributed by atoms with Crippen LogP contribution in [0.4, 0.5) is 0 Å². The molecule has 0 unspecified atom stereocenters. The fraction of sp³-hybridized carbons (Fsp3) is 0.125. The van der Waals surface area contributed by atoms with E-state index in [0.29, 0.717) is 5.75 Å². The molecule has 0 aliphatic carbocycles. The molecule has 0 amide bonds. The molecule has 3 nitrogen and oxygen atoms in total. The topological polar surface area (TPSA) is 46.5 Å². The van der Waals surface area contributed by atoms with Crippen molar-refractivity contribution in [3.05, 3.63) is 30.3 Å². The van der Waals surface area contributed by atoms with Crippen LogP contribution in [0.3, 0.4) is 0 Å². The number of hydrogen-bond donors (Lipinski definition) is 1. The molecule has 12 heavy (non-hydrogen) atoms. The van der Waals surface area contributed by atoms with E-state index >= 15 is 0 Å². The van der Waals surface area contributed by atoms with E-state index < -0.39 is 5.97 Å². The van der Waals surface area contributed by atoms with E-state index in [-0.39, 0.29) is 36.2 Å². The first-order chi connectivity index (χ1) is 5.29. The number of ether oxygens (including phenoxy) is 1. The van der Waals surface area contributed by atoms with Crippen molar-refractivity contribution in [2.24, 2.45) is 0 Å². The Hall–Kier alpha value is -0.510. The van der Waals surface area contributed by atoms with Crippen molar-refractivity contribution in [2.75, 3.05) is 6.61 Å². The zero-order valence-electron chi connectivity index (χ0n) is 6.86. The molecule has 0 saturated heterocycles. The van der Waals surface area contributed by atoms with Crippen molar-refractivity contribution >= 4 is 35.5 Å². The minimum absolute atomic E-state index is 0. The van der Waals surface area contributed by atoms with Crippen molar-refractivity contribution in [1.29, 1.82) is 0 Å². The van der Waals surface area contributed by atoms with Gasteiger partial charge in [-0.1, -0.05) is 18.2 Å². The second-order valence-corrected chi connectivity index (χ2v) is 2.00. The Balaban J connectivity index is 0.00000121. The summed E-state index contributed by atoms with van der Waals surface area (Å²) in [6, 6.07) is 8.84. The largest absolute Gasteiger partial charge is 0.482 e. The molecule has 0 fully saturated rings. The molecule has 0 atom stereocenters. The number of carbonyl (C=O) groups is 1. The predicted molar refractivity (Wildman–Crippen MR) is 45.3 cm³/mol. The van der Waals surface area contributed by atoms with Gasteiger partial charge in [0.15, 0.2) is 6.61 Å². The second-order valence-electron chi connectivity index (χ2n) is 2.00. The van der Waals surface area contributed by atoms with Gasteiger partial charge >= 0.3 is 5.97 Å². The average Bonchev–Trinajstić information content (AvgIpc) is 2.03. The van der Waals surface area contributed by atoms with E-state index in [2.05, 4.69) is 0 Å². The Bertz CT molecular complexity index is 235. The molecule has 0 aliphatic rings. The normalized spacial score (nSPS) is 8.33. The van der Waals surface area contributed by atoms with Gasteiger partial charge in [0.2, 0.25) is 0 Å². The van der Waals surface area contributed by atoms with E-state index in [9.17, 15) is 4.79 Å². The molecule has 0 heterocycles. The van der Waals surface area contributed by atoms with Gasteiger partial charge in [-0.15, -0.1) is 0 Å². The minimum atomic E-state index is -0.964. The van der Waals surface area contributed by atoms with Gasteiger partial charge in [0, 0.05) is 29.6 Å². The van der Waals surface area contributed by atoms with Crippen LogP contribution in [0.2, 0.25) is 0 Å². The van der Waals surface area contributed by atoms with Crippen molar-refractivity contribution in [2.45, 2.75) is 0 Å². The summed E-state index contributed by atoms with van der Waals surface area (Å²) in [5, 5.41) is 8.25. The van der Waals surface area contributed by atoms with E-state index in [1.807, 2.05) is 6.07 Å². The van der Waals surface area contributed by atoms with Gasteiger partial charge in [-0.25, -0.2) is 4.79 Å². The first-order valence-corrected chi connectivity index (χ1v) is 3.18. The van der Waals surface area contributed by atoms with Crippen LogP contribution in [0.1, 0.15) is 0 Å². The number of rotatable bonds is 3. The fourth-order valence-electron chi connectivity index (χ4n) is 0.662. The number of hydrogen-bond acceptors (Lipinski definition) is 2. The van der Waals surface area contributed by atoms with Crippen molar-refractivity contribution in [1.82, 2.24) is 0 Å². The SMILES string of the molecule is O=C(O)COc1ccccc1.[Na]. The Morgan fingerprint density at radius 2 is 1.92 bits per heavy atom. The van der Waals surface area contributed by atoms with Crippen LogP contribution in [-0.4, -0.2) is 47.2 Å². The molecule has 4 heteroatoms. The first kappa shape index (κ1) is 11.5. The molecule has 1 rings (SSSR count). The quantitative estimate of drug-likeness (QED) is 0.690. The maximum atomic E-state index is 10.0. The van der Waals surface area contributed by atoms with Gasteiger partial charge in [0.25, 0.3) is 0 Å². The second kappa shape index (κ2) is 6.06. The summed E-state index contributed by atoms with van der Waals surface area (Å²) in [7, 11) is 0. The van der Waals surface area contributed by atoms with Gasteiger partial charge < -0.3 is 9.84 Å². The molecule has 1 aromatic rings. The zero-order chi connectivity index (χ0) is 8.10. The zero-order valence-corrected chi connectivity index (χ0v) is 8.86. The van der Waals surface area contributed by atoms with Crippen LogP contribution in [0.5, 0.6) is 5.75 Å². The van der Waals surface area contributed by atoms with Gasteiger partial charge in [-0.05, 0) is 12.1 Å². The molecule has 0 aromatic heterocycles. The molecule has 1 aromatic carbocycles.